The first kappa shape index (κ1) is 14.0. The monoisotopic (exact) mass is 359 g/mol. The van der Waals surface area contributed by atoms with E-state index in [4.69, 9.17) is 0 Å². The molecule has 0 saturated heterocycles. The van der Waals surface area contributed by atoms with Gasteiger partial charge in [0.05, 0.1) is 3.57 Å². The van der Waals surface area contributed by atoms with E-state index in [9.17, 15) is 0 Å². The molecule has 1 N–H and O–H groups in total. The third-order valence-electron chi connectivity index (χ3n) is 3.56. The number of nitrogens with one attached hydrogen (secondary N) is 1. The van der Waals surface area contributed by atoms with Crippen molar-refractivity contribution < 1.29 is 0 Å². The number of halogens is 1. The Bertz CT molecular complexity index is 413. The highest BCUT2D eigenvalue weighted by Crippen LogP contribution is 2.46. The molecule has 1 saturated carbocycles. The van der Waals surface area contributed by atoms with E-state index in [1.807, 2.05) is 6.20 Å². The molecule has 0 aromatic carbocycles. The summed E-state index contributed by atoms with van der Waals surface area (Å²) in [6, 6.07) is 0.507. The first-order valence-electron chi connectivity index (χ1n) is 6.50. The van der Waals surface area contributed by atoms with Crippen LogP contribution in [0.2, 0.25) is 0 Å². The van der Waals surface area contributed by atoms with E-state index in [1.54, 1.807) is 6.33 Å². The second-order valence-electron chi connectivity index (χ2n) is 6.97. The third kappa shape index (κ3) is 3.56. The SMILES string of the molecule is CC1(C)CC(Nc2ncncc2I)CC(C)(C)C1. The Hall–Kier alpha value is -0.390. The van der Waals surface area contributed by atoms with Crippen LogP contribution in [-0.4, -0.2) is 16.0 Å². The van der Waals surface area contributed by atoms with Gasteiger partial charge in [0.1, 0.15) is 12.1 Å². The average molecular weight is 359 g/mol. The van der Waals surface area contributed by atoms with Crippen molar-refractivity contribution in [1.29, 1.82) is 0 Å². The number of hydrogen-bond donors (Lipinski definition) is 1. The fourth-order valence-corrected chi connectivity index (χ4v) is 4.02. The summed E-state index contributed by atoms with van der Waals surface area (Å²) in [7, 11) is 0. The van der Waals surface area contributed by atoms with Crippen molar-refractivity contribution in [3.63, 3.8) is 0 Å². The Kier molecular flexibility index (Phi) is 3.85. The Morgan fingerprint density at radius 1 is 1.22 bits per heavy atom. The van der Waals surface area contributed by atoms with Crippen LogP contribution >= 0.6 is 22.6 Å². The molecule has 0 amide bonds. The minimum absolute atomic E-state index is 0.401. The number of aromatic nitrogens is 2. The van der Waals surface area contributed by atoms with Crippen molar-refractivity contribution in [3.05, 3.63) is 16.1 Å². The molecular weight excluding hydrogens is 337 g/mol. The lowest BCUT2D eigenvalue weighted by Crippen LogP contribution is -2.40. The van der Waals surface area contributed by atoms with Crippen LogP contribution in [0.3, 0.4) is 0 Å². The average Bonchev–Trinajstić information content (AvgIpc) is 2.16. The van der Waals surface area contributed by atoms with E-state index in [0.29, 0.717) is 16.9 Å². The van der Waals surface area contributed by atoms with Gasteiger partial charge in [0, 0.05) is 12.2 Å². The molecule has 0 aliphatic heterocycles. The van der Waals surface area contributed by atoms with Crippen molar-refractivity contribution in [1.82, 2.24) is 9.97 Å². The van der Waals surface area contributed by atoms with E-state index in [-0.39, 0.29) is 0 Å². The molecule has 1 aliphatic carbocycles. The van der Waals surface area contributed by atoms with Crippen molar-refractivity contribution in [2.24, 2.45) is 10.8 Å². The Labute approximate surface area is 123 Å². The van der Waals surface area contributed by atoms with Gasteiger partial charge >= 0.3 is 0 Å². The molecule has 1 fully saturated rings. The van der Waals surface area contributed by atoms with Gasteiger partial charge in [-0.3, -0.25) is 0 Å². The normalized spacial score (nSPS) is 22.7. The van der Waals surface area contributed by atoms with Gasteiger partial charge in [-0.15, -0.1) is 0 Å². The Balaban J connectivity index is 2.12. The van der Waals surface area contributed by atoms with Gasteiger partial charge in [0.25, 0.3) is 0 Å². The zero-order chi connectivity index (χ0) is 13.4. The second kappa shape index (κ2) is 4.94. The highest BCUT2D eigenvalue weighted by molar-refractivity contribution is 14.1. The molecule has 1 aliphatic rings. The maximum absolute atomic E-state index is 4.34. The summed E-state index contributed by atoms with van der Waals surface area (Å²) < 4.78 is 1.09. The number of nitrogens with zero attached hydrogens (tertiary/aromatic N) is 2. The second-order valence-corrected chi connectivity index (χ2v) is 8.14. The molecule has 0 bridgehead atoms. The van der Waals surface area contributed by atoms with E-state index in [0.717, 1.165) is 9.39 Å². The maximum atomic E-state index is 4.34. The van der Waals surface area contributed by atoms with Gasteiger partial charge in [-0.05, 0) is 52.7 Å². The minimum Gasteiger partial charge on any atom is -0.366 e. The molecule has 4 heteroatoms. The zero-order valence-electron chi connectivity index (χ0n) is 11.6. The van der Waals surface area contributed by atoms with Gasteiger partial charge in [-0.1, -0.05) is 27.7 Å². The molecule has 0 atom stereocenters. The van der Waals surface area contributed by atoms with Gasteiger partial charge in [-0.25, -0.2) is 9.97 Å². The summed E-state index contributed by atoms with van der Waals surface area (Å²) in [5.41, 5.74) is 0.801. The first-order valence-corrected chi connectivity index (χ1v) is 7.57. The maximum Gasteiger partial charge on any atom is 0.143 e. The first-order chi connectivity index (χ1) is 8.27. The van der Waals surface area contributed by atoms with Crippen molar-refractivity contribution in [2.75, 3.05) is 5.32 Å². The highest BCUT2D eigenvalue weighted by Gasteiger charge is 2.38. The van der Waals surface area contributed by atoms with E-state index in [1.165, 1.54) is 19.3 Å². The number of rotatable bonds is 2. The van der Waals surface area contributed by atoms with Gasteiger partial charge < -0.3 is 5.32 Å². The van der Waals surface area contributed by atoms with E-state index in [2.05, 4.69) is 65.6 Å². The standard InChI is InChI=1S/C14H22IN3/c1-13(2)5-10(6-14(3,4)8-13)18-12-11(15)7-16-9-17-12/h7,9-10H,5-6,8H2,1-4H3,(H,16,17,18). The predicted molar refractivity (Wildman–Crippen MR) is 83.6 cm³/mol. The Morgan fingerprint density at radius 2 is 1.83 bits per heavy atom. The van der Waals surface area contributed by atoms with Crippen LogP contribution in [0.1, 0.15) is 47.0 Å². The lowest BCUT2D eigenvalue weighted by atomic mass is 9.63. The van der Waals surface area contributed by atoms with Gasteiger partial charge in [0.15, 0.2) is 0 Å². The van der Waals surface area contributed by atoms with Crippen LogP contribution < -0.4 is 5.32 Å². The van der Waals surface area contributed by atoms with Crippen LogP contribution in [0.5, 0.6) is 0 Å². The molecule has 100 valence electrons. The third-order valence-corrected chi connectivity index (χ3v) is 4.35. The fraction of sp³-hybridized carbons (Fsp3) is 0.714. The lowest BCUT2D eigenvalue weighted by Gasteiger charge is -2.45. The van der Waals surface area contributed by atoms with Crippen LogP contribution in [0, 0.1) is 14.4 Å². The zero-order valence-corrected chi connectivity index (χ0v) is 13.8. The lowest BCUT2D eigenvalue weighted by molar-refractivity contribution is 0.105. The number of hydrogen-bond acceptors (Lipinski definition) is 3. The largest absolute Gasteiger partial charge is 0.366 e. The van der Waals surface area contributed by atoms with Gasteiger partial charge in [0.2, 0.25) is 0 Å². The predicted octanol–water partition coefficient (Wildman–Crippen LogP) is 4.10. The summed E-state index contributed by atoms with van der Waals surface area (Å²) in [5, 5.41) is 3.60. The summed E-state index contributed by atoms with van der Waals surface area (Å²) in [4.78, 5) is 8.37. The molecule has 2 rings (SSSR count). The van der Waals surface area contributed by atoms with Crippen LogP contribution in [0.25, 0.3) is 0 Å². The fourth-order valence-electron chi connectivity index (χ4n) is 3.56. The highest BCUT2D eigenvalue weighted by atomic mass is 127. The van der Waals surface area contributed by atoms with Crippen LogP contribution in [-0.2, 0) is 0 Å². The molecule has 18 heavy (non-hydrogen) atoms. The topological polar surface area (TPSA) is 37.8 Å². The summed E-state index contributed by atoms with van der Waals surface area (Å²) in [6.07, 6.45) is 7.17. The van der Waals surface area contributed by atoms with Crippen LogP contribution in [0.15, 0.2) is 12.5 Å². The number of anilines is 1. The quantitative estimate of drug-likeness (QED) is 0.808. The molecule has 1 aromatic rings. The molecule has 1 heterocycles. The summed E-state index contributed by atoms with van der Waals surface area (Å²) in [6.45, 7) is 9.47. The minimum atomic E-state index is 0.401. The molecule has 0 radical (unpaired) electrons. The Morgan fingerprint density at radius 3 is 2.39 bits per heavy atom. The van der Waals surface area contributed by atoms with Crippen molar-refractivity contribution >= 4 is 28.4 Å². The summed E-state index contributed by atoms with van der Waals surface area (Å²) >= 11 is 2.29. The van der Waals surface area contributed by atoms with Crippen LogP contribution in [0.4, 0.5) is 5.82 Å². The van der Waals surface area contributed by atoms with Crippen molar-refractivity contribution in [2.45, 2.75) is 53.0 Å². The van der Waals surface area contributed by atoms with Crippen molar-refractivity contribution in [3.8, 4) is 0 Å². The molecule has 0 spiro atoms. The molecular formula is C14H22IN3. The van der Waals surface area contributed by atoms with E-state index >= 15 is 0 Å². The van der Waals surface area contributed by atoms with Gasteiger partial charge in [-0.2, -0.15) is 0 Å². The molecule has 1 aromatic heterocycles. The van der Waals surface area contributed by atoms with E-state index < -0.39 is 0 Å². The molecule has 0 unspecified atom stereocenters. The summed E-state index contributed by atoms with van der Waals surface area (Å²) in [5.74, 6) is 0.976. The molecule has 3 nitrogen and oxygen atoms in total. The smallest absolute Gasteiger partial charge is 0.143 e.